The van der Waals surface area contributed by atoms with Crippen LogP contribution in [-0.4, -0.2) is 41.2 Å². The highest BCUT2D eigenvalue weighted by molar-refractivity contribution is 5.99. The van der Waals surface area contributed by atoms with Crippen LogP contribution >= 0.6 is 0 Å². The minimum atomic E-state index is -0.701. The Morgan fingerprint density at radius 2 is 1.83 bits per heavy atom. The second-order valence-electron chi connectivity index (χ2n) is 6.76. The molecule has 7 heteroatoms. The minimum Gasteiger partial charge on any atom is -0.503 e. The summed E-state index contributed by atoms with van der Waals surface area (Å²) in [7, 11) is 1.38. The summed E-state index contributed by atoms with van der Waals surface area (Å²) in [6.45, 7) is 5.34. The zero-order valence-electron chi connectivity index (χ0n) is 17.1. The van der Waals surface area contributed by atoms with Gasteiger partial charge >= 0.3 is 5.97 Å². The molecular formula is C22H27NO6. The number of hydrogen-bond donors (Lipinski definition) is 1. The molecular weight excluding hydrogens is 374 g/mol. The Labute approximate surface area is 170 Å². The molecule has 7 nitrogen and oxygen atoms in total. The van der Waals surface area contributed by atoms with Gasteiger partial charge in [-0.1, -0.05) is 32.0 Å². The molecule has 156 valence electrons. The van der Waals surface area contributed by atoms with E-state index in [0.29, 0.717) is 12.2 Å². The molecule has 0 bridgehead atoms. The molecule has 0 unspecified atom stereocenters. The molecule has 0 aliphatic heterocycles. The topological polar surface area (TPSA) is 95.0 Å². The summed E-state index contributed by atoms with van der Waals surface area (Å²) in [4.78, 5) is 28.9. The zero-order chi connectivity index (χ0) is 21.4. The number of hydrogen-bond acceptors (Lipinski definition) is 7. The number of aromatic hydroxyl groups is 1. The number of methoxy groups -OCH3 is 1. The van der Waals surface area contributed by atoms with Crippen LogP contribution in [-0.2, 0) is 9.53 Å². The largest absolute Gasteiger partial charge is 0.503 e. The van der Waals surface area contributed by atoms with Crippen molar-refractivity contribution in [3.63, 3.8) is 0 Å². The molecule has 0 spiro atoms. The fourth-order valence-electron chi connectivity index (χ4n) is 2.83. The number of Topliss-reactive ketones (excluding diaryl/α,β-unsaturated/α-hetero) is 1. The first-order valence-corrected chi connectivity index (χ1v) is 9.54. The van der Waals surface area contributed by atoms with Gasteiger partial charge < -0.3 is 19.3 Å². The Morgan fingerprint density at radius 3 is 2.45 bits per heavy atom. The lowest BCUT2D eigenvalue weighted by molar-refractivity contribution is -0.158. The van der Waals surface area contributed by atoms with E-state index in [4.69, 9.17) is 14.2 Å². The summed E-state index contributed by atoms with van der Waals surface area (Å²) < 4.78 is 16.4. The highest BCUT2D eigenvalue weighted by atomic mass is 16.6. The van der Waals surface area contributed by atoms with Gasteiger partial charge in [-0.2, -0.15) is 0 Å². The van der Waals surface area contributed by atoms with Crippen molar-refractivity contribution in [1.29, 1.82) is 0 Å². The van der Waals surface area contributed by atoms with E-state index in [0.717, 1.165) is 0 Å². The van der Waals surface area contributed by atoms with Crippen molar-refractivity contribution in [1.82, 2.24) is 4.98 Å². The van der Waals surface area contributed by atoms with Crippen molar-refractivity contribution in [2.24, 2.45) is 5.92 Å². The molecule has 0 fully saturated rings. The van der Waals surface area contributed by atoms with Crippen LogP contribution in [0.4, 0.5) is 0 Å². The molecule has 0 aliphatic carbocycles. The summed E-state index contributed by atoms with van der Waals surface area (Å²) in [6.07, 6.45) is 0.988. The average Bonchev–Trinajstić information content (AvgIpc) is 2.72. The molecule has 29 heavy (non-hydrogen) atoms. The fourth-order valence-corrected chi connectivity index (χ4v) is 2.83. The van der Waals surface area contributed by atoms with E-state index >= 15 is 0 Å². The number of carbonyl (C=O) groups excluding carboxylic acids is 2. The van der Waals surface area contributed by atoms with Gasteiger partial charge in [0.15, 0.2) is 23.0 Å². The quantitative estimate of drug-likeness (QED) is 0.478. The van der Waals surface area contributed by atoms with Crippen LogP contribution in [0.2, 0.25) is 0 Å². The number of ketones is 1. The van der Waals surface area contributed by atoms with Crippen molar-refractivity contribution in [2.75, 3.05) is 7.11 Å². The number of pyridine rings is 1. The summed E-state index contributed by atoms with van der Waals surface area (Å²) in [6, 6.07) is 10.7. The van der Waals surface area contributed by atoms with E-state index in [2.05, 4.69) is 4.98 Å². The van der Waals surface area contributed by atoms with Crippen LogP contribution in [0, 0.1) is 5.92 Å². The third-order valence-electron chi connectivity index (χ3n) is 4.52. The number of nitrogens with zero attached hydrogens (tertiary/aromatic N) is 1. The molecule has 3 atom stereocenters. The molecule has 2 rings (SSSR count). The second-order valence-corrected chi connectivity index (χ2v) is 6.76. The lowest BCUT2D eigenvalue weighted by Gasteiger charge is -2.25. The van der Waals surface area contributed by atoms with E-state index in [1.54, 1.807) is 6.92 Å². The van der Waals surface area contributed by atoms with Crippen LogP contribution in [0.5, 0.6) is 17.2 Å². The van der Waals surface area contributed by atoms with Gasteiger partial charge in [0.2, 0.25) is 0 Å². The number of esters is 1. The number of rotatable bonds is 10. The number of carbonyl (C=O) groups is 2. The maximum atomic E-state index is 12.5. The highest BCUT2D eigenvalue weighted by Crippen LogP contribution is 2.29. The summed E-state index contributed by atoms with van der Waals surface area (Å²) >= 11 is 0. The Balaban J connectivity index is 1.97. The van der Waals surface area contributed by atoms with Gasteiger partial charge in [-0.25, -0.2) is 4.98 Å². The third kappa shape index (κ3) is 5.94. The number of aromatic nitrogens is 1. The van der Waals surface area contributed by atoms with Crippen molar-refractivity contribution in [3.8, 4) is 17.2 Å². The van der Waals surface area contributed by atoms with Gasteiger partial charge in [0.25, 0.3) is 0 Å². The van der Waals surface area contributed by atoms with Crippen molar-refractivity contribution < 1.29 is 28.9 Å². The first-order chi connectivity index (χ1) is 13.9. The maximum absolute atomic E-state index is 12.5. The smallest absolute Gasteiger partial charge is 0.309 e. The predicted molar refractivity (Wildman–Crippen MR) is 107 cm³/mol. The fraction of sp³-hybridized carbons (Fsp3) is 0.409. The molecule has 0 amide bonds. The van der Waals surface area contributed by atoms with Crippen LogP contribution in [0.1, 0.15) is 44.1 Å². The summed E-state index contributed by atoms with van der Waals surface area (Å²) in [5, 5.41) is 10.1. The average molecular weight is 401 g/mol. The van der Waals surface area contributed by atoms with E-state index in [9.17, 15) is 14.7 Å². The van der Waals surface area contributed by atoms with Crippen LogP contribution in [0.25, 0.3) is 0 Å². The first-order valence-electron chi connectivity index (χ1n) is 9.54. The van der Waals surface area contributed by atoms with Crippen molar-refractivity contribution in [2.45, 2.75) is 45.8 Å². The molecule has 0 saturated heterocycles. The van der Waals surface area contributed by atoms with E-state index in [1.807, 2.05) is 44.2 Å². The van der Waals surface area contributed by atoms with Gasteiger partial charge in [0.1, 0.15) is 18.0 Å². The van der Waals surface area contributed by atoms with Gasteiger partial charge in [-0.15, -0.1) is 0 Å². The molecule has 1 aromatic heterocycles. The SMILES string of the molecule is CC[C@H](OC(=O)[C@H](C)CC(=O)c1nccc(OC)c1O)[C@@H](C)Oc1ccccc1. The summed E-state index contributed by atoms with van der Waals surface area (Å²) in [5.41, 5.74) is -0.128. The van der Waals surface area contributed by atoms with E-state index in [-0.39, 0.29) is 29.7 Å². The Kier molecular flexibility index (Phi) is 8.00. The lowest BCUT2D eigenvalue weighted by Crippen LogP contribution is -2.35. The highest BCUT2D eigenvalue weighted by Gasteiger charge is 2.27. The number of benzene rings is 1. The Morgan fingerprint density at radius 1 is 1.14 bits per heavy atom. The zero-order valence-corrected chi connectivity index (χ0v) is 17.1. The lowest BCUT2D eigenvalue weighted by atomic mass is 10.0. The maximum Gasteiger partial charge on any atom is 0.309 e. The number of ether oxygens (including phenoxy) is 3. The van der Waals surface area contributed by atoms with Crippen molar-refractivity contribution >= 4 is 11.8 Å². The Bertz CT molecular complexity index is 823. The van der Waals surface area contributed by atoms with Crippen LogP contribution < -0.4 is 9.47 Å². The molecule has 1 N–H and O–H groups in total. The first kappa shape index (κ1) is 22.2. The third-order valence-corrected chi connectivity index (χ3v) is 4.52. The molecule has 0 aliphatic rings. The van der Waals surface area contributed by atoms with Gasteiger partial charge in [-0.05, 0) is 25.5 Å². The number of para-hydroxylation sites is 1. The van der Waals surface area contributed by atoms with E-state index in [1.165, 1.54) is 19.4 Å². The van der Waals surface area contributed by atoms with Gasteiger partial charge in [0.05, 0.1) is 13.0 Å². The van der Waals surface area contributed by atoms with Crippen LogP contribution in [0.3, 0.4) is 0 Å². The standard InChI is InChI=1S/C22H27NO6/c1-5-18(15(3)28-16-9-7-6-8-10-16)29-22(26)14(2)13-17(24)20-21(25)19(27-4)11-12-23-20/h6-12,14-15,18,25H,5,13H2,1-4H3/t14-,15-,18+/m1/s1. The van der Waals surface area contributed by atoms with Gasteiger partial charge in [0, 0.05) is 18.7 Å². The van der Waals surface area contributed by atoms with Crippen molar-refractivity contribution in [3.05, 3.63) is 48.3 Å². The molecule has 0 radical (unpaired) electrons. The van der Waals surface area contributed by atoms with Gasteiger partial charge in [-0.3, -0.25) is 9.59 Å². The second kappa shape index (κ2) is 10.5. The normalized spacial score (nSPS) is 13.8. The predicted octanol–water partition coefficient (Wildman–Crippen LogP) is 3.79. The monoisotopic (exact) mass is 401 g/mol. The Hall–Kier alpha value is -3.09. The molecule has 0 saturated carbocycles. The molecule has 2 aromatic rings. The van der Waals surface area contributed by atoms with E-state index < -0.39 is 23.8 Å². The van der Waals surface area contributed by atoms with Crippen LogP contribution in [0.15, 0.2) is 42.6 Å². The minimum absolute atomic E-state index is 0.128. The molecule has 1 heterocycles. The summed E-state index contributed by atoms with van der Waals surface area (Å²) in [5.74, 6) is -1.16. The molecule has 1 aromatic carbocycles.